The fourth-order valence-corrected chi connectivity index (χ4v) is 2.28. The minimum absolute atomic E-state index is 0.132. The molecule has 2 aromatic carbocycles. The first-order valence-corrected chi connectivity index (χ1v) is 8.05. The number of hydrogen-bond donors (Lipinski definition) is 3. The Morgan fingerprint density at radius 1 is 0.885 bits per heavy atom. The molecule has 0 saturated heterocycles. The van der Waals surface area contributed by atoms with Gasteiger partial charge in [0.15, 0.2) is 0 Å². The molecule has 136 valence electrons. The van der Waals surface area contributed by atoms with E-state index in [1.807, 2.05) is 36.4 Å². The van der Waals surface area contributed by atoms with Gasteiger partial charge in [-0.15, -0.1) is 0 Å². The first-order valence-electron chi connectivity index (χ1n) is 8.05. The average Bonchev–Trinajstić information content (AvgIpc) is 2.65. The zero-order valence-corrected chi connectivity index (χ0v) is 14.1. The van der Waals surface area contributed by atoms with Crippen molar-refractivity contribution in [2.45, 2.75) is 13.0 Å². The van der Waals surface area contributed by atoms with Crippen LogP contribution in [-0.4, -0.2) is 29.4 Å². The van der Waals surface area contributed by atoms with E-state index in [9.17, 15) is 14.4 Å². The van der Waals surface area contributed by atoms with Crippen LogP contribution >= 0.6 is 0 Å². The van der Waals surface area contributed by atoms with Crippen molar-refractivity contribution in [3.63, 3.8) is 0 Å². The second kappa shape index (κ2) is 9.95. The molecule has 7 nitrogen and oxygen atoms in total. The lowest BCUT2D eigenvalue weighted by atomic mass is 9.98. The van der Waals surface area contributed by atoms with E-state index >= 15 is 0 Å². The summed E-state index contributed by atoms with van der Waals surface area (Å²) in [5.41, 5.74) is 3.92. The Morgan fingerprint density at radius 2 is 1.46 bits per heavy atom. The summed E-state index contributed by atoms with van der Waals surface area (Å²) in [7, 11) is 0. The highest BCUT2D eigenvalue weighted by Gasteiger charge is 2.27. The summed E-state index contributed by atoms with van der Waals surface area (Å²) in [4.78, 5) is 40.4. The van der Waals surface area contributed by atoms with Crippen molar-refractivity contribution in [2.24, 2.45) is 5.92 Å². The molecule has 0 fully saturated rings. The Morgan fingerprint density at radius 3 is 2.04 bits per heavy atom. The summed E-state index contributed by atoms with van der Waals surface area (Å²) in [5.74, 6) is -3.59. The molecule has 0 aromatic heterocycles. The highest BCUT2D eigenvalue weighted by atomic mass is 16.6. The van der Waals surface area contributed by atoms with Crippen molar-refractivity contribution in [3.05, 3.63) is 71.8 Å². The fourth-order valence-electron chi connectivity index (χ4n) is 2.28. The molecule has 26 heavy (non-hydrogen) atoms. The van der Waals surface area contributed by atoms with E-state index in [1.165, 1.54) is 0 Å². The van der Waals surface area contributed by atoms with Gasteiger partial charge in [-0.1, -0.05) is 60.7 Å². The van der Waals surface area contributed by atoms with Crippen LogP contribution in [-0.2, 0) is 32.2 Å². The largest absolute Gasteiger partial charge is 0.480 e. The van der Waals surface area contributed by atoms with Gasteiger partial charge in [0.2, 0.25) is 5.91 Å². The predicted molar refractivity (Wildman–Crippen MR) is 93.7 cm³/mol. The SMILES string of the molecule is O=C(O)CNC(=O)C(Cc1ccccc1)C(=O)NOCc1ccccc1. The van der Waals surface area contributed by atoms with Crippen LogP contribution in [0, 0.1) is 5.92 Å². The second-order valence-corrected chi connectivity index (χ2v) is 5.59. The number of aliphatic carboxylic acids is 1. The third-order valence-corrected chi connectivity index (χ3v) is 3.58. The highest BCUT2D eigenvalue weighted by molar-refractivity contribution is 6.00. The maximum atomic E-state index is 12.4. The number of amides is 2. The third-order valence-electron chi connectivity index (χ3n) is 3.58. The lowest BCUT2D eigenvalue weighted by Gasteiger charge is -2.16. The van der Waals surface area contributed by atoms with Gasteiger partial charge in [0.25, 0.3) is 5.91 Å². The fraction of sp³-hybridized carbons (Fsp3) is 0.211. The molecule has 1 unspecified atom stereocenters. The smallest absolute Gasteiger partial charge is 0.322 e. The molecule has 0 heterocycles. The van der Waals surface area contributed by atoms with E-state index in [0.29, 0.717) is 0 Å². The zero-order chi connectivity index (χ0) is 18.8. The quantitative estimate of drug-likeness (QED) is 0.464. The normalized spacial score (nSPS) is 11.4. The lowest BCUT2D eigenvalue weighted by molar-refractivity contribution is -0.146. The molecule has 2 aromatic rings. The summed E-state index contributed by atoms with van der Waals surface area (Å²) in [6, 6.07) is 18.2. The minimum atomic E-state index is -1.18. The highest BCUT2D eigenvalue weighted by Crippen LogP contribution is 2.10. The van der Waals surface area contributed by atoms with Crippen molar-refractivity contribution in [2.75, 3.05) is 6.54 Å². The lowest BCUT2D eigenvalue weighted by Crippen LogP contribution is -2.43. The van der Waals surface area contributed by atoms with E-state index < -0.39 is 30.2 Å². The standard InChI is InChI=1S/C19H20N2O5/c22-17(23)12-20-18(24)16(11-14-7-3-1-4-8-14)19(25)21-26-13-15-9-5-2-6-10-15/h1-10,16H,11-13H2,(H,20,24)(H,21,25)(H,22,23). The van der Waals surface area contributed by atoms with E-state index in [1.54, 1.807) is 24.3 Å². The number of carboxylic acids is 1. The molecule has 0 aliphatic heterocycles. The Balaban J connectivity index is 1.97. The maximum Gasteiger partial charge on any atom is 0.322 e. The van der Waals surface area contributed by atoms with Gasteiger partial charge >= 0.3 is 5.97 Å². The Kier molecular flexibility index (Phi) is 7.32. The van der Waals surface area contributed by atoms with Crippen molar-refractivity contribution >= 4 is 17.8 Å². The van der Waals surface area contributed by atoms with Crippen LogP contribution in [0.2, 0.25) is 0 Å². The number of rotatable bonds is 9. The van der Waals surface area contributed by atoms with Gasteiger partial charge in [0.1, 0.15) is 12.5 Å². The van der Waals surface area contributed by atoms with Crippen LogP contribution in [0.15, 0.2) is 60.7 Å². The number of hydrogen-bond acceptors (Lipinski definition) is 4. The number of benzene rings is 2. The molecule has 2 amide bonds. The maximum absolute atomic E-state index is 12.4. The van der Waals surface area contributed by atoms with Crippen LogP contribution in [0.5, 0.6) is 0 Å². The van der Waals surface area contributed by atoms with Crippen LogP contribution in [0.1, 0.15) is 11.1 Å². The van der Waals surface area contributed by atoms with E-state index in [-0.39, 0.29) is 13.0 Å². The van der Waals surface area contributed by atoms with Gasteiger partial charge in [-0.3, -0.25) is 19.2 Å². The Bertz CT molecular complexity index is 734. The summed E-state index contributed by atoms with van der Waals surface area (Å²) in [5, 5.41) is 10.9. The molecule has 0 saturated carbocycles. The molecule has 1 atom stereocenters. The Labute approximate surface area is 150 Å². The molecule has 0 radical (unpaired) electrons. The van der Waals surface area contributed by atoms with Crippen LogP contribution < -0.4 is 10.8 Å². The summed E-state index contributed by atoms with van der Waals surface area (Å²) in [6.07, 6.45) is 0.132. The molecule has 0 bridgehead atoms. The third kappa shape index (κ3) is 6.37. The molecular weight excluding hydrogens is 336 g/mol. The number of hydroxylamine groups is 1. The molecular formula is C19H20N2O5. The van der Waals surface area contributed by atoms with Gasteiger partial charge in [-0.2, -0.15) is 0 Å². The summed E-state index contributed by atoms with van der Waals surface area (Å²) >= 11 is 0. The van der Waals surface area contributed by atoms with Crippen LogP contribution in [0.25, 0.3) is 0 Å². The van der Waals surface area contributed by atoms with Gasteiger partial charge in [-0.05, 0) is 17.5 Å². The van der Waals surface area contributed by atoms with Crippen molar-refractivity contribution in [1.29, 1.82) is 0 Å². The topological polar surface area (TPSA) is 105 Å². The van der Waals surface area contributed by atoms with Crippen LogP contribution in [0.3, 0.4) is 0 Å². The number of carbonyl (C=O) groups excluding carboxylic acids is 2. The van der Waals surface area contributed by atoms with Gasteiger partial charge in [0.05, 0.1) is 6.61 Å². The summed E-state index contributed by atoms with van der Waals surface area (Å²) in [6.45, 7) is -0.399. The predicted octanol–water partition coefficient (Wildman–Crippen LogP) is 1.29. The number of carboxylic acid groups (broad SMARTS) is 1. The monoisotopic (exact) mass is 356 g/mol. The molecule has 2 rings (SSSR count). The number of carbonyl (C=O) groups is 3. The molecule has 0 aliphatic rings. The van der Waals surface area contributed by atoms with Crippen molar-refractivity contribution in [1.82, 2.24) is 10.8 Å². The van der Waals surface area contributed by atoms with E-state index in [0.717, 1.165) is 11.1 Å². The van der Waals surface area contributed by atoms with Crippen molar-refractivity contribution < 1.29 is 24.3 Å². The first-order chi connectivity index (χ1) is 12.6. The van der Waals surface area contributed by atoms with Gasteiger partial charge in [-0.25, -0.2) is 5.48 Å². The average molecular weight is 356 g/mol. The van der Waals surface area contributed by atoms with Gasteiger partial charge in [0, 0.05) is 0 Å². The Hall–Kier alpha value is -3.19. The van der Waals surface area contributed by atoms with E-state index in [2.05, 4.69) is 10.8 Å². The van der Waals surface area contributed by atoms with Gasteiger partial charge < -0.3 is 10.4 Å². The molecule has 7 heteroatoms. The minimum Gasteiger partial charge on any atom is -0.480 e. The van der Waals surface area contributed by atoms with Crippen LogP contribution in [0.4, 0.5) is 0 Å². The second-order valence-electron chi connectivity index (χ2n) is 5.59. The van der Waals surface area contributed by atoms with Crippen molar-refractivity contribution in [3.8, 4) is 0 Å². The molecule has 0 aliphatic carbocycles. The van der Waals surface area contributed by atoms with E-state index in [4.69, 9.17) is 9.94 Å². The molecule has 3 N–H and O–H groups in total. The zero-order valence-electron chi connectivity index (χ0n) is 14.1. The first kappa shape index (κ1) is 19.1. The summed E-state index contributed by atoms with van der Waals surface area (Å²) < 4.78 is 0. The number of nitrogens with one attached hydrogen (secondary N) is 2. The molecule has 0 spiro atoms.